The third kappa shape index (κ3) is 4.32. The number of nitrogens with one attached hydrogen (secondary N) is 1. The van der Waals surface area contributed by atoms with Crippen LogP contribution < -0.4 is 5.32 Å². The Balaban J connectivity index is 2.08. The summed E-state index contributed by atoms with van der Waals surface area (Å²) in [6.45, 7) is 3.58. The average molecular weight is 397 g/mol. The zero-order valence-corrected chi connectivity index (χ0v) is 16.3. The van der Waals surface area contributed by atoms with Crippen molar-refractivity contribution in [1.29, 1.82) is 0 Å². The van der Waals surface area contributed by atoms with E-state index < -0.39 is 41.6 Å². The van der Waals surface area contributed by atoms with Crippen LogP contribution in [0.5, 0.6) is 0 Å². The van der Waals surface area contributed by atoms with E-state index in [-0.39, 0.29) is 13.2 Å². The molecule has 3 heterocycles. The molecular weight excluding hydrogens is 374 g/mol. The summed E-state index contributed by atoms with van der Waals surface area (Å²) >= 11 is 0. The van der Waals surface area contributed by atoms with Crippen molar-refractivity contribution in [3.05, 3.63) is 60.2 Å². The number of nitrogens with zero attached hydrogens (tertiary/aromatic N) is 2. The highest BCUT2D eigenvalue weighted by atomic mass is 16.5. The van der Waals surface area contributed by atoms with E-state index in [4.69, 9.17) is 9.47 Å². The van der Waals surface area contributed by atoms with Crippen molar-refractivity contribution in [2.75, 3.05) is 13.2 Å². The lowest BCUT2D eigenvalue weighted by molar-refractivity contribution is -0.162. The predicted octanol–water partition coefficient (Wildman–Crippen LogP) is 1.79. The highest BCUT2D eigenvalue weighted by Gasteiger charge is 2.52. The zero-order valence-electron chi connectivity index (χ0n) is 16.3. The molecule has 1 saturated heterocycles. The molecule has 1 N–H and O–H groups in total. The summed E-state index contributed by atoms with van der Waals surface area (Å²) in [6.07, 6.45) is 6.38. The van der Waals surface area contributed by atoms with Crippen LogP contribution in [0, 0.1) is 11.8 Å². The number of ether oxygens (including phenoxy) is 2. The third-order valence-corrected chi connectivity index (χ3v) is 4.81. The van der Waals surface area contributed by atoms with E-state index >= 15 is 0 Å². The van der Waals surface area contributed by atoms with Crippen LogP contribution in [0.3, 0.4) is 0 Å². The molecule has 4 atom stereocenters. The van der Waals surface area contributed by atoms with Gasteiger partial charge in [0.25, 0.3) is 0 Å². The van der Waals surface area contributed by atoms with Gasteiger partial charge in [-0.05, 0) is 37.1 Å². The SMILES string of the molecule is CCOC(=O)[C@@H]1C(=O)[C@@H](C(=O)OCC)[C@H](c2cccnc2)N[C@@H]1c1cccnc1. The van der Waals surface area contributed by atoms with Crippen LogP contribution in [-0.4, -0.2) is 40.9 Å². The Morgan fingerprint density at radius 3 is 1.69 bits per heavy atom. The van der Waals surface area contributed by atoms with Gasteiger partial charge in [0.1, 0.15) is 11.8 Å². The van der Waals surface area contributed by atoms with Gasteiger partial charge in [0.15, 0.2) is 5.78 Å². The first kappa shape index (κ1) is 20.6. The Morgan fingerprint density at radius 1 is 0.897 bits per heavy atom. The Bertz CT molecular complexity index is 790. The van der Waals surface area contributed by atoms with Crippen LogP contribution in [-0.2, 0) is 23.9 Å². The monoisotopic (exact) mass is 397 g/mol. The predicted molar refractivity (Wildman–Crippen MR) is 102 cm³/mol. The quantitative estimate of drug-likeness (QED) is 0.581. The maximum Gasteiger partial charge on any atom is 0.318 e. The van der Waals surface area contributed by atoms with Gasteiger partial charge in [0, 0.05) is 24.8 Å². The molecule has 2 aromatic heterocycles. The summed E-state index contributed by atoms with van der Waals surface area (Å²) in [7, 11) is 0. The van der Waals surface area contributed by atoms with E-state index in [1.807, 2.05) is 0 Å². The van der Waals surface area contributed by atoms with Crippen molar-refractivity contribution in [2.24, 2.45) is 11.8 Å². The van der Waals surface area contributed by atoms with Gasteiger partial charge in [0.2, 0.25) is 0 Å². The van der Waals surface area contributed by atoms with E-state index in [0.29, 0.717) is 11.1 Å². The van der Waals surface area contributed by atoms with Gasteiger partial charge < -0.3 is 14.8 Å². The lowest BCUT2D eigenvalue weighted by Gasteiger charge is -2.39. The minimum Gasteiger partial charge on any atom is -0.465 e. The Hall–Kier alpha value is -3.13. The normalized spacial score (nSPS) is 24.0. The second-order valence-electron chi connectivity index (χ2n) is 6.56. The van der Waals surface area contributed by atoms with E-state index in [1.54, 1.807) is 62.9 Å². The number of hydrogen-bond acceptors (Lipinski definition) is 8. The summed E-state index contributed by atoms with van der Waals surface area (Å²) in [4.78, 5) is 47.0. The number of rotatable bonds is 6. The summed E-state index contributed by atoms with van der Waals surface area (Å²) < 4.78 is 10.3. The number of esters is 2. The number of carbonyl (C=O) groups is 3. The minimum atomic E-state index is -1.19. The van der Waals surface area contributed by atoms with Gasteiger partial charge in [-0.3, -0.25) is 24.4 Å². The average Bonchev–Trinajstić information content (AvgIpc) is 2.74. The lowest BCUT2D eigenvalue weighted by Crippen LogP contribution is -2.54. The first-order valence-electron chi connectivity index (χ1n) is 9.51. The molecule has 2 aromatic rings. The molecule has 3 rings (SSSR count). The van der Waals surface area contributed by atoms with Crippen molar-refractivity contribution in [3.8, 4) is 0 Å². The molecule has 0 bridgehead atoms. The first-order valence-corrected chi connectivity index (χ1v) is 9.51. The van der Waals surface area contributed by atoms with Gasteiger partial charge >= 0.3 is 11.9 Å². The van der Waals surface area contributed by atoms with Gasteiger partial charge in [-0.2, -0.15) is 0 Å². The molecule has 29 heavy (non-hydrogen) atoms. The fraction of sp³-hybridized carbons (Fsp3) is 0.381. The van der Waals surface area contributed by atoms with Crippen LogP contribution in [0.1, 0.15) is 37.1 Å². The largest absolute Gasteiger partial charge is 0.465 e. The van der Waals surface area contributed by atoms with Gasteiger partial charge in [0.05, 0.1) is 25.3 Å². The van der Waals surface area contributed by atoms with Crippen LogP contribution in [0.4, 0.5) is 0 Å². The van der Waals surface area contributed by atoms with E-state index in [2.05, 4.69) is 15.3 Å². The molecule has 1 aliphatic heterocycles. The maximum atomic E-state index is 13.4. The van der Waals surface area contributed by atoms with Crippen LogP contribution in [0.25, 0.3) is 0 Å². The topological polar surface area (TPSA) is 107 Å². The van der Waals surface area contributed by atoms with Crippen LogP contribution in [0.15, 0.2) is 49.1 Å². The second-order valence-corrected chi connectivity index (χ2v) is 6.56. The maximum absolute atomic E-state index is 13.4. The lowest BCUT2D eigenvalue weighted by atomic mass is 9.75. The Kier molecular flexibility index (Phi) is 6.66. The number of Topliss-reactive ketones (excluding diaryl/α,β-unsaturated/α-hetero) is 1. The molecule has 0 saturated carbocycles. The zero-order chi connectivity index (χ0) is 20.8. The van der Waals surface area contributed by atoms with Crippen LogP contribution >= 0.6 is 0 Å². The molecule has 8 heteroatoms. The number of carbonyl (C=O) groups excluding carboxylic acids is 3. The molecule has 1 aliphatic rings. The van der Waals surface area contributed by atoms with E-state index in [1.165, 1.54) is 0 Å². The summed E-state index contributed by atoms with van der Waals surface area (Å²) in [6, 6.07) is 5.59. The van der Waals surface area contributed by atoms with Crippen molar-refractivity contribution >= 4 is 17.7 Å². The number of hydrogen-bond donors (Lipinski definition) is 1. The molecule has 0 amide bonds. The molecular formula is C21H23N3O5. The number of piperidine rings is 1. The van der Waals surface area contributed by atoms with Crippen LogP contribution in [0.2, 0.25) is 0 Å². The second kappa shape index (κ2) is 9.38. The van der Waals surface area contributed by atoms with E-state index in [9.17, 15) is 14.4 Å². The molecule has 152 valence electrons. The highest BCUT2D eigenvalue weighted by Crippen LogP contribution is 2.39. The van der Waals surface area contributed by atoms with Gasteiger partial charge in [-0.15, -0.1) is 0 Å². The van der Waals surface area contributed by atoms with Gasteiger partial charge in [-0.25, -0.2) is 0 Å². The fourth-order valence-electron chi connectivity index (χ4n) is 3.57. The van der Waals surface area contributed by atoms with E-state index in [0.717, 1.165) is 0 Å². The number of ketones is 1. The molecule has 0 aromatic carbocycles. The minimum absolute atomic E-state index is 0.123. The first-order chi connectivity index (χ1) is 14.1. The highest BCUT2D eigenvalue weighted by molar-refractivity contribution is 6.10. The Labute approximate surface area is 168 Å². The standard InChI is InChI=1S/C21H23N3O5/c1-3-28-20(26)15-17(13-7-5-9-22-11-13)24-18(14-8-6-10-23-12-14)16(19(15)25)21(27)29-4-2/h5-12,15-18,24H,3-4H2,1-2H3/t15-,16-,17-,18+/m0/s1. The third-order valence-electron chi connectivity index (χ3n) is 4.81. The molecule has 0 unspecified atom stereocenters. The Morgan fingerprint density at radius 2 is 1.34 bits per heavy atom. The van der Waals surface area contributed by atoms with Crippen molar-refractivity contribution in [3.63, 3.8) is 0 Å². The van der Waals surface area contributed by atoms with Crippen molar-refractivity contribution < 1.29 is 23.9 Å². The van der Waals surface area contributed by atoms with Gasteiger partial charge in [-0.1, -0.05) is 12.1 Å². The molecule has 0 spiro atoms. The number of pyridine rings is 2. The summed E-state index contributed by atoms with van der Waals surface area (Å²) in [5.74, 6) is -4.29. The van der Waals surface area contributed by atoms with Crippen molar-refractivity contribution in [1.82, 2.24) is 15.3 Å². The number of aromatic nitrogens is 2. The molecule has 0 radical (unpaired) electrons. The molecule has 0 aliphatic carbocycles. The molecule has 8 nitrogen and oxygen atoms in total. The van der Waals surface area contributed by atoms with Crippen molar-refractivity contribution in [2.45, 2.75) is 25.9 Å². The molecule has 1 fully saturated rings. The summed E-state index contributed by atoms with van der Waals surface area (Å²) in [5, 5.41) is 3.29. The summed E-state index contributed by atoms with van der Waals surface area (Å²) in [5.41, 5.74) is 1.30. The smallest absolute Gasteiger partial charge is 0.318 e. The fourth-order valence-corrected chi connectivity index (χ4v) is 3.57.